The Morgan fingerprint density at radius 1 is 0.969 bits per heavy atom. The zero-order valence-corrected chi connectivity index (χ0v) is 20.0. The molecule has 2 fully saturated rings. The van der Waals surface area contributed by atoms with E-state index in [0.717, 1.165) is 30.8 Å². The van der Waals surface area contributed by atoms with Crippen molar-refractivity contribution in [2.45, 2.75) is 83.5 Å². The number of nitrogens with zero attached hydrogens (tertiary/aromatic N) is 1. The summed E-state index contributed by atoms with van der Waals surface area (Å²) in [6.07, 6.45) is 2.25. The van der Waals surface area contributed by atoms with Crippen LogP contribution < -0.4 is 4.74 Å². The summed E-state index contributed by atoms with van der Waals surface area (Å²) in [5.74, 6) is 0.869. The number of benzene rings is 2. The number of hydrogen-bond donors (Lipinski definition) is 0. The molecule has 32 heavy (non-hydrogen) atoms. The maximum Gasteiger partial charge on any atom is 0.119 e. The minimum atomic E-state index is -0.148. The van der Waals surface area contributed by atoms with Crippen molar-refractivity contribution in [1.82, 2.24) is 5.06 Å². The molecule has 5 nitrogen and oxygen atoms in total. The van der Waals surface area contributed by atoms with Crippen molar-refractivity contribution in [2.75, 3.05) is 13.2 Å². The molecule has 0 aromatic heterocycles. The molecular weight excluding hydrogens is 402 g/mol. The van der Waals surface area contributed by atoms with E-state index in [4.69, 9.17) is 19.0 Å². The summed E-state index contributed by atoms with van der Waals surface area (Å²) in [7, 11) is 0. The first-order chi connectivity index (χ1) is 15.2. The quantitative estimate of drug-likeness (QED) is 0.469. The van der Waals surface area contributed by atoms with Crippen molar-refractivity contribution in [1.29, 1.82) is 0 Å². The summed E-state index contributed by atoms with van der Waals surface area (Å²) >= 11 is 0. The minimum Gasteiger partial charge on any atom is -0.491 e. The fourth-order valence-corrected chi connectivity index (χ4v) is 4.77. The van der Waals surface area contributed by atoms with Gasteiger partial charge in [0.25, 0.3) is 0 Å². The van der Waals surface area contributed by atoms with Crippen LogP contribution in [0.2, 0.25) is 0 Å². The second-order valence-electron chi connectivity index (χ2n) is 10.3. The van der Waals surface area contributed by atoms with E-state index >= 15 is 0 Å². The van der Waals surface area contributed by atoms with E-state index in [1.807, 2.05) is 18.2 Å². The third kappa shape index (κ3) is 5.90. The lowest BCUT2D eigenvalue weighted by molar-refractivity contribution is -0.316. The van der Waals surface area contributed by atoms with Crippen LogP contribution in [0.1, 0.15) is 64.7 Å². The lowest BCUT2D eigenvalue weighted by atomic mass is 9.80. The summed E-state index contributed by atoms with van der Waals surface area (Å²) in [6.45, 7) is 13.2. The third-order valence-corrected chi connectivity index (χ3v) is 6.33. The number of hydroxylamine groups is 2. The van der Waals surface area contributed by atoms with Crippen LogP contribution in [0.15, 0.2) is 54.6 Å². The lowest BCUT2D eigenvalue weighted by Gasteiger charge is -2.54. The molecule has 0 N–H and O–H groups in total. The van der Waals surface area contributed by atoms with Crippen LogP contribution in [-0.2, 0) is 20.9 Å². The summed E-state index contributed by atoms with van der Waals surface area (Å²) < 4.78 is 17.3. The smallest absolute Gasteiger partial charge is 0.119 e. The summed E-state index contributed by atoms with van der Waals surface area (Å²) in [5, 5.41) is 2.20. The van der Waals surface area contributed by atoms with Crippen molar-refractivity contribution in [3.63, 3.8) is 0 Å². The first kappa shape index (κ1) is 23.2. The van der Waals surface area contributed by atoms with Crippen molar-refractivity contribution < 1.29 is 19.0 Å². The first-order valence-corrected chi connectivity index (χ1v) is 11.7. The van der Waals surface area contributed by atoms with E-state index in [1.165, 1.54) is 5.56 Å². The Morgan fingerprint density at radius 2 is 1.59 bits per heavy atom. The molecule has 0 radical (unpaired) electrons. The van der Waals surface area contributed by atoms with Crippen molar-refractivity contribution in [3.8, 4) is 5.75 Å². The summed E-state index contributed by atoms with van der Waals surface area (Å²) in [5.41, 5.74) is 2.05. The average Bonchev–Trinajstić information content (AvgIpc) is 3.58. The number of ether oxygens (including phenoxy) is 3. The highest BCUT2D eigenvalue weighted by Gasteiger charge is 2.47. The van der Waals surface area contributed by atoms with Gasteiger partial charge >= 0.3 is 0 Å². The van der Waals surface area contributed by atoms with E-state index in [1.54, 1.807) is 0 Å². The second-order valence-corrected chi connectivity index (χ2v) is 10.3. The van der Waals surface area contributed by atoms with Gasteiger partial charge in [0.2, 0.25) is 0 Å². The second kappa shape index (κ2) is 9.52. The van der Waals surface area contributed by atoms with Gasteiger partial charge in [0.1, 0.15) is 24.6 Å². The molecule has 0 aliphatic carbocycles. The van der Waals surface area contributed by atoms with Gasteiger partial charge in [0.05, 0.1) is 19.3 Å². The van der Waals surface area contributed by atoms with Crippen LogP contribution in [0.5, 0.6) is 5.75 Å². The molecule has 2 aromatic rings. The Labute approximate surface area is 192 Å². The molecule has 0 saturated carbocycles. The monoisotopic (exact) mass is 439 g/mol. The van der Waals surface area contributed by atoms with Crippen LogP contribution in [-0.4, -0.2) is 41.6 Å². The zero-order valence-electron chi connectivity index (χ0n) is 20.0. The molecule has 2 aromatic carbocycles. The molecule has 0 bridgehead atoms. The van der Waals surface area contributed by atoms with Gasteiger partial charge in [0, 0.05) is 11.1 Å². The SMILES string of the molecule is CC(ON1C(C)(C)CC(OCc2ccccc2)CC1(C)C)c1ccc(OCC2CO2)cc1. The van der Waals surface area contributed by atoms with E-state index < -0.39 is 0 Å². The van der Waals surface area contributed by atoms with Gasteiger partial charge in [-0.25, -0.2) is 0 Å². The standard InChI is InChI=1S/C27H37NO4/c1-20(22-11-13-23(14-12-22)30-18-25-19-31-25)32-28-26(2,3)15-24(16-27(28,4)5)29-17-21-9-7-6-8-10-21/h6-14,20,24-25H,15-19H2,1-5H3. The number of epoxide rings is 1. The molecule has 2 heterocycles. The predicted octanol–water partition coefficient (Wildman–Crippen LogP) is 5.70. The average molecular weight is 440 g/mol. The molecule has 4 rings (SSSR count). The Morgan fingerprint density at radius 3 is 2.19 bits per heavy atom. The molecule has 5 heteroatoms. The Hall–Kier alpha value is -1.92. The van der Waals surface area contributed by atoms with Gasteiger partial charge < -0.3 is 14.2 Å². The van der Waals surface area contributed by atoms with Crippen LogP contribution in [0, 0.1) is 0 Å². The number of hydrogen-bond acceptors (Lipinski definition) is 5. The largest absolute Gasteiger partial charge is 0.491 e. The fraction of sp³-hybridized carbons (Fsp3) is 0.556. The summed E-state index contributed by atoms with van der Waals surface area (Å²) in [4.78, 5) is 6.58. The lowest BCUT2D eigenvalue weighted by Crippen LogP contribution is -2.62. The maximum atomic E-state index is 6.58. The molecule has 2 atom stereocenters. The van der Waals surface area contributed by atoms with Crippen LogP contribution in [0.25, 0.3) is 0 Å². The Balaban J connectivity index is 1.36. The van der Waals surface area contributed by atoms with Crippen molar-refractivity contribution in [3.05, 3.63) is 65.7 Å². The summed E-state index contributed by atoms with van der Waals surface area (Å²) in [6, 6.07) is 18.6. The van der Waals surface area contributed by atoms with Gasteiger partial charge in [-0.3, -0.25) is 4.84 Å². The highest BCUT2D eigenvalue weighted by atomic mass is 16.7. The van der Waals surface area contributed by atoms with Crippen molar-refractivity contribution in [2.24, 2.45) is 0 Å². The number of rotatable bonds is 9. The van der Waals surface area contributed by atoms with E-state index in [-0.39, 0.29) is 29.4 Å². The van der Waals surface area contributed by atoms with Gasteiger partial charge in [-0.1, -0.05) is 42.5 Å². The topological polar surface area (TPSA) is 43.5 Å². The highest BCUT2D eigenvalue weighted by molar-refractivity contribution is 5.28. The van der Waals surface area contributed by atoms with Gasteiger partial charge in [-0.15, -0.1) is 0 Å². The molecule has 2 saturated heterocycles. The molecule has 0 amide bonds. The molecule has 174 valence electrons. The molecule has 2 unspecified atom stereocenters. The van der Waals surface area contributed by atoms with Crippen molar-refractivity contribution >= 4 is 0 Å². The molecule has 0 spiro atoms. The van der Waals surface area contributed by atoms with Gasteiger partial charge in [-0.2, -0.15) is 5.06 Å². The molecule has 2 aliphatic heterocycles. The Bertz CT molecular complexity index is 843. The fourth-order valence-electron chi connectivity index (χ4n) is 4.77. The van der Waals surface area contributed by atoms with Gasteiger partial charge in [0.15, 0.2) is 0 Å². The Kier molecular flexibility index (Phi) is 6.91. The highest BCUT2D eigenvalue weighted by Crippen LogP contribution is 2.42. The van der Waals surface area contributed by atoms with E-state index in [2.05, 4.69) is 76.1 Å². The minimum absolute atomic E-state index is 0.0591. The number of piperidine rings is 1. The maximum absolute atomic E-state index is 6.58. The van der Waals surface area contributed by atoms with Crippen LogP contribution >= 0.6 is 0 Å². The zero-order chi connectivity index (χ0) is 22.8. The molecule has 2 aliphatic rings. The van der Waals surface area contributed by atoms with E-state index in [9.17, 15) is 0 Å². The normalized spacial score (nSPS) is 23.6. The molecular formula is C27H37NO4. The first-order valence-electron chi connectivity index (χ1n) is 11.7. The predicted molar refractivity (Wildman–Crippen MR) is 125 cm³/mol. The van der Waals surface area contributed by atoms with E-state index in [0.29, 0.717) is 13.2 Å². The van der Waals surface area contributed by atoms with Crippen LogP contribution in [0.4, 0.5) is 0 Å². The van der Waals surface area contributed by atoms with Crippen LogP contribution in [0.3, 0.4) is 0 Å². The van der Waals surface area contributed by atoms with Gasteiger partial charge in [-0.05, 0) is 70.7 Å². The third-order valence-electron chi connectivity index (χ3n) is 6.33.